The fraction of sp³-hybridized carbons (Fsp3) is 1.00. The molecule has 0 unspecified atom stereocenters. The van der Waals surface area contributed by atoms with Crippen LogP contribution in [0.1, 0.15) is 130 Å². The minimum atomic E-state index is 1.34. The lowest BCUT2D eigenvalue weighted by Gasteiger charge is -2.22. The van der Waals surface area contributed by atoms with Gasteiger partial charge in [-0.3, -0.25) is 0 Å². The van der Waals surface area contributed by atoms with E-state index in [9.17, 15) is 0 Å². The summed E-state index contributed by atoms with van der Waals surface area (Å²) < 4.78 is 0. The largest absolute Gasteiger partial charge is 0.303 e. The molecule has 0 bridgehead atoms. The van der Waals surface area contributed by atoms with Crippen LogP contribution in [-0.4, -0.2) is 24.5 Å². The maximum Gasteiger partial charge on any atom is -0.00187 e. The van der Waals surface area contributed by atoms with Gasteiger partial charge in [-0.05, 0) is 38.9 Å². The van der Waals surface area contributed by atoms with Crippen molar-refractivity contribution in [3.63, 3.8) is 0 Å². The van der Waals surface area contributed by atoms with E-state index in [2.05, 4.69) is 25.7 Å². The van der Waals surface area contributed by atoms with Crippen molar-refractivity contribution < 1.29 is 0 Å². The fourth-order valence-corrected chi connectivity index (χ4v) is 3.51. The van der Waals surface area contributed by atoms with Crippen molar-refractivity contribution in [2.45, 2.75) is 130 Å². The van der Waals surface area contributed by atoms with E-state index in [-0.39, 0.29) is 0 Å². The SMILES string of the molecule is CCCCCCCCCCCCCN(CCCCC)CCCCC. The summed E-state index contributed by atoms with van der Waals surface area (Å²) in [6, 6.07) is 0. The van der Waals surface area contributed by atoms with Crippen LogP contribution < -0.4 is 0 Å². The molecule has 0 saturated heterocycles. The number of unbranched alkanes of at least 4 members (excludes halogenated alkanes) is 14. The van der Waals surface area contributed by atoms with Gasteiger partial charge in [0.05, 0.1) is 0 Å². The molecule has 1 nitrogen and oxygen atoms in total. The van der Waals surface area contributed by atoms with Gasteiger partial charge in [-0.1, -0.05) is 111 Å². The molecule has 0 aliphatic rings. The Hall–Kier alpha value is -0.0400. The van der Waals surface area contributed by atoms with E-state index in [0.29, 0.717) is 0 Å². The monoisotopic (exact) mass is 339 g/mol. The maximum absolute atomic E-state index is 2.75. The Morgan fingerprint density at radius 2 is 0.583 bits per heavy atom. The highest BCUT2D eigenvalue weighted by Crippen LogP contribution is 2.12. The summed E-state index contributed by atoms with van der Waals surface area (Å²) in [5, 5.41) is 0. The topological polar surface area (TPSA) is 3.24 Å². The first-order valence-electron chi connectivity index (χ1n) is 11.6. The van der Waals surface area contributed by atoms with Gasteiger partial charge in [-0.2, -0.15) is 0 Å². The van der Waals surface area contributed by atoms with Crippen molar-refractivity contribution in [2.75, 3.05) is 19.6 Å². The Labute approximate surface area is 155 Å². The van der Waals surface area contributed by atoms with Crippen LogP contribution in [0.5, 0.6) is 0 Å². The Morgan fingerprint density at radius 1 is 0.333 bits per heavy atom. The lowest BCUT2D eigenvalue weighted by Crippen LogP contribution is -2.27. The quantitative estimate of drug-likeness (QED) is 0.203. The normalized spacial score (nSPS) is 11.5. The number of hydrogen-bond acceptors (Lipinski definition) is 1. The average Bonchev–Trinajstić information content (AvgIpc) is 2.59. The van der Waals surface area contributed by atoms with Crippen LogP contribution in [-0.2, 0) is 0 Å². The zero-order chi connectivity index (χ0) is 17.7. The summed E-state index contributed by atoms with van der Waals surface area (Å²) in [4.78, 5) is 2.75. The van der Waals surface area contributed by atoms with Gasteiger partial charge in [-0.15, -0.1) is 0 Å². The molecule has 0 aliphatic carbocycles. The van der Waals surface area contributed by atoms with E-state index in [1.165, 1.54) is 129 Å². The van der Waals surface area contributed by atoms with Gasteiger partial charge in [0.25, 0.3) is 0 Å². The van der Waals surface area contributed by atoms with E-state index in [4.69, 9.17) is 0 Å². The van der Waals surface area contributed by atoms with Gasteiger partial charge in [0.2, 0.25) is 0 Å². The molecule has 0 atom stereocenters. The zero-order valence-electron chi connectivity index (χ0n) is 17.6. The summed E-state index contributed by atoms with van der Waals surface area (Å²) in [5.41, 5.74) is 0. The fourth-order valence-electron chi connectivity index (χ4n) is 3.51. The molecule has 0 saturated carbocycles. The smallest absolute Gasteiger partial charge is 0.00187 e. The van der Waals surface area contributed by atoms with Gasteiger partial charge < -0.3 is 4.90 Å². The molecule has 0 amide bonds. The molecule has 0 aromatic heterocycles. The number of nitrogens with zero attached hydrogens (tertiary/aromatic N) is 1. The first-order valence-corrected chi connectivity index (χ1v) is 11.6. The van der Waals surface area contributed by atoms with Crippen LogP contribution in [0.15, 0.2) is 0 Å². The van der Waals surface area contributed by atoms with Crippen molar-refractivity contribution in [3.8, 4) is 0 Å². The highest BCUT2D eigenvalue weighted by atomic mass is 15.1. The van der Waals surface area contributed by atoms with Crippen LogP contribution in [0.25, 0.3) is 0 Å². The predicted octanol–water partition coefficient (Wildman–Crippen LogP) is 7.98. The molecule has 0 aromatic rings. The Morgan fingerprint density at radius 3 is 0.958 bits per heavy atom. The molecule has 0 rings (SSSR count). The van der Waals surface area contributed by atoms with E-state index in [1.54, 1.807) is 0 Å². The Balaban J connectivity index is 3.46. The van der Waals surface area contributed by atoms with Crippen LogP contribution in [0.2, 0.25) is 0 Å². The molecule has 0 fully saturated rings. The van der Waals surface area contributed by atoms with Gasteiger partial charge in [0.1, 0.15) is 0 Å². The molecule has 0 aromatic carbocycles. The summed E-state index contributed by atoms with van der Waals surface area (Å²) >= 11 is 0. The van der Waals surface area contributed by atoms with Crippen molar-refractivity contribution in [1.82, 2.24) is 4.90 Å². The van der Waals surface area contributed by atoms with Crippen LogP contribution in [0.4, 0.5) is 0 Å². The third-order valence-corrected chi connectivity index (χ3v) is 5.23. The molecule has 0 radical (unpaired) electrons. The second-order valence-corrected chi connectivity index (χ2v) is 7.79. The van der Waals surface area contributed by atoms with E-state index in [1.807, 2.05) is 0 Å². The van der Waals surface area contributed by atoms with Gasteiger partial charge in [-0.25, -0.2) is 0 Å². The first-order chi connectivity index (χ1) is 11.8. The van der Waals surface area contributed by atoms with Crippen LogP contribution in [0, 0.1) is 0 Å². The molecular weight excluding hydrogens is 290 g/mol. The first kappa shape index (κ1) is 24.0. The minimum absolute atomic E-state index is 1.34. The summed E-state index contributed by atoms with van der Waals surface area (Å²) in [6.07, 6.45) is 24.3. The average molecular weight is 340 g/mol. The van der Waals surface area contributed by atoms with Gasteiger partial charge in [0.15, 0.2) is 0 Å². The van der Waals surface area contributed by atoms with E-state index in [0.717, 1.165) is 0 Å². The summed E-state index contributed by atoms with van der Waals surface area (Å²) in [5.74, 6) is 0. The molecule has 0 N–H and O–H groups in total. The lowest BCUT2D eigenvalue weighted by molar-refractivity contribution is 0.255. The van der Waals surface area contributed by atoms with Crippen molar-refractivity contribution >= 4 is 0 Å². The van der Waals surface area contributed by atoms with Gasteiger partial charge in [0, 0.05) is 0 Å². The molecule has 0 spiro atoms. The molecule has 24 heavy (non-hydrogen) atoms. The number of rotatable bonds is 20. The second kappa shape index (κ2) is 21.0. The van der Waals surface area contributed by atoms with Gasteiger partial charge >= 0.3 is 0 Å². The standard InChI is InChI=1S/C23H49N/c1-4-7-10-11-12-13-14-15-16-17-20-23-24(21-18-8-5-2)22-19-9-6-3/h4-23H2,1-3H3. The molecule has 146 valence electrons. The maximum atomic E-state index is 2.75. The van der Waals surface area contributed by atoms with E-state index >= 15 is 0 Å². The van der Waals surface area contributed by atoms with E-state index < -0.39 is 0 Å². The predicted molar refractivity (Wildman–Crippen MR) is 112 cm³/mol. The number of hydrogen-bond donors (Lipinski definition) is 0. The Kier molecular flexibility index (Phi) is 21.0. The highest BCUT2D eigenvalue weighted by Gasteiger charge is 2.04. The summed E-state index contributed by atoms with van der Waals surface area (Å²) in [7, 11) is 0. The Bertz CT molecular complexity index is 204. The summed E-state index contributed by atoms with van der Waals surface area (Å²) in [6.45, 7) is 11.0. The highest BCUT2D eigenvalue weighted by molar-refractivity contribution is 4.59. The molecule has 0 aliphatic heterocycles. The molecular formula is C23H49N. The molecule has 0 heterocycles. The third-order valence-electron chi connectivity index (χ3n) is 5.23. The second-order valence-electron chi connectivity index (χ2n) is 7.79. The third kappa shape index (κ3) is 18.3. The molecule has 1 heteroatoms. The minimum Gasteiger partial charge on any atom is -0.303 e. The van der Waals surface area contributed by atoms with Crippen molar-refractivity contribution in [1.29, 1.82) is 0 Å². The van der Waals surface area contributed by atoms with Crippen molar-refractivity contribution in [3.05, 3.63) is 0 Å². The van der Waals surface area contributed by atoms with Crippen LogP contribution in [0.3, 0.4) is 0 Å². The van der Waals surface area contributed by atoms with Crippen molar-refractivity contribution in [2.24, 2.45) is 0 Å². The lowest BCUT2D eigenvalue weighted by atomic mass is 10.1. The zero-order valence-corrected chi connectivity index (χ0v) is 17.6. The van der Waals surface area contributed by atoms with Crippen LogP contribution >= 0.6 is 0 Å².